The summed E-state index contributed by atoms with van der Waals surface area (Å²) in [4.78, 5) is 7.58. The van der Waals surface area contributed by atoms with E-state index in [1.165, 1.54) is 32.2 Å². The zero-order valence-corrected chi connectivity index (χ0v) is 17.9. The SMILES string of the molecule is CCCN1CCC(CNC(=NCc2ccc(S(C)(=O)=O)c(C)c2)NCC)C1. The minimum atomic E-state index is -3.18. The Kier molecular flexibility index (Phi) is 8.10. The third-order valence-corrected chi connectivity index (χ3v) is 6.13. The van der Waals surface area contributed by atoms with Crippen LogP contribution in [-0.4, -0.2) is 58.3 Å². The molecule has 27 heavy (non-hydrogen) atoms. The van der Waals surface area contributed by atoms with Crippen LogP contribution in [0, 0.1) is 12.8 Å². The van der Waals surface area contributed by atoms with Crippen molar-refractivity contribution < 1.29 is 8.42 Å². The van der Waals surface area contributed by atoms with Crippen molar-refractivity contribution in [3.63, 3.8) is 0 Å². The number of benzene rings is 1. The predicted octanol–water partition coefficient (Wildman–Crippen LogP) is 2.19. The van der Waals surface area contributed by atoms with E-state index in [9.17, 15) is 8.42 Å². The molecule has 152 valence electrons. The first-order valence-electron chi connectivity index (χ1n) is 9.87. The largest absolute Gasteiger partial charge is 0.357 e. The molecule has 1 fully saturated rings. The molecule has 0 amide bonds. The van der Waals surface area contributed by atoms with Crippen molar-refractivity contribution in [2.24, 2.45) is 10.9 Å². The molecule has 1 atom stereocenters. The first-order valence-corrected chi connectivity index (χ1v) is 11.8. The Hall–Kier alpha value is -1.60. The van der Waals surface area contributed by atoms with Crippen LogP contribution in [-0.2, 0) is 16.4 Å². The van der Waals surface area contributed by atoms with E-state index in [1.54, 1.807) is 6.07 Å². The maximum Gasteiger partial charge on any atom is 0.191 e. The van der Waals surface area contributed by atoms with Crippen LogP contribution in [0.15, 0.2) is 28.1 Å². The molecule has 0 aliphatic carbocycles. The summed E-state index contributed by atoms with van der Waals surface area (Å²) in [5.41, 5.74) is 1.78. The second kappa shape index (κ2) is 10.1. The van der Waals surface area contributed by atoms with Gasteiger partial charge >= 0.3 is 0 Å². The van der Waals surface area contributed by atoms with E-state index in [0.29, 0.717) is 17.4 Å². The minimum absolute atomic E-state index is 0.387. The van der Waals surface area contributed by atoms with Gasteiger partial charge in [0, 0.05) is 25.9 Å². The van der Waals surface area contributed by atoms with Crippen LogP contribution >= 0.6 is 0 Å². The van der Waals surface area contributed by atoms with Crippen LogP contribution in [0.3, 0.4) is 0 Å². The van der Waals surface area contributed by atoms with Gasteiger partial charge in [0.2, 0.25) is 0 Å². The van der Waals surface area contributed by atoms with Crippen molar-refractivity contribution in [3.05, 3.63) is 29.3 Å². The second-order valence-electron chi connectivity index (χ2n) is 7.40. The molecule has 0 aromatic heterocycles. The first-order chi connectivity index (χ1) is 12.8. The highest BCUT2D eigenvalue weighted by Gasteiger charge is 2.21. The molecular formula is C20H34N4O2S. The van der Waals surface area contributed by atoms with E-state index in [1.807, 2.05) is 19.1 Å². The molecule has 2 rings (SSSR count). The summed E-state index contributed by atoms with van der Waals surface area (Å²) in [5, 5.41) is 6.75. The smallest absolute Gasteiger partial charge is 0.191 e. The molecule has 1 aliphatic rings. The van der Waals surface area contributed by atoms with Crippen molar-refractivity contribution >= 4 is 15.8 Å². The van der Waals surface area contributed by atoms with Gasteiger partial charge in [-0.1, -0.05) is 19.1 Å². The average molecular weight is 395 g/mol. The fourth-order valence-electron chi connectivity index (χ4n) is 3.58. The topological polar surface area (TPSA) is 73.8 Å². The molecule has 0 bridgehead atoms. The molecule has 6 nitrogen and oxygen atoms in total. The van der Waals surface area contributed by atoms with Gasteiger partial charge in [0.15, 0.2) is 15.8 Å². The highest BCUT2D eigenvalue weighted by Crippen LogP contribution is 2.17. The molecule has 0 radical (unpaired) electrons. The lowest BCUT2D eigenvalue weighted by Crippen LogP contribution is -2.40. The second-order valence-corrected chi connectivity index (χ2v) is 9.39. The number of nitrogens with one attached hydrogen (secondary N) is 2. The minimum Gasteiger partial charge on any atom is -0.357 e. The van der Waals surface area contributed by atoms with E-state index in [4.69, 9.17) is 0 Å². The van der Waals surface area contributed by atoms with Crippen LogP contribution in [0.25, 0.3) is 0 Å². The summed E-state index contributed by atoms with van der Waals surface area (Å²) in [7, 11) is -3.18. The van der Waals surface area contributed by atoms with E-state index < -0.39 is 9.84 Å². The molecule has 1 heterocycles. The van der Waals surface area contributed by atoms with Gasteiger partial charge in [0.05, 0.1) is 11.4 Å². The molecule has 1 aliphatic heterocycles. The summed E-state index contributed by atoms with van der Waals surface area (Å²) >= 11 is 0. The Morgan fingerprint density at radius 1 is 1.30 bits per heavy atom. The van der Waals surface area contributed by atoms with Gasteiger partial charge in [-0.2, -0.15) is 0 Å². The lowest BCUT2D eigenvalue weighted by Gasteiger charge is -2.17. The standard InChI is InChI=1S/C20H34N4O2S/c1-5-10-24-11-9-18(15-24)14-23-20(21-6-2)22-13-17-7-8-19(16(3)12-17)27(4,25)26/h7-8,12,18H,5-6,9-11,13-15H2,1-4H3,(H2,21,22,23). The predicted molar refractivity (Wildman–Crippen MR) is 112 cm³/mol. The highest BCUT2D eigenvalue weighted by atomic mass is 32.2. The van der Waals surface area contributed by atoms with Gasteiger partial charge in [-0.25, -0.2) is 13.4 Å². The summed E-state index contributed by atoms with van der Waals surface area (Å²) in [6.45, 7) is 11.9. The number of likely N-dealkylation sites (tertiary alicyclic amines) is 1. The van der Waals surface area contributed by atoms with E-state index in [0.717, 1.165) is 36.7 Å². The third-order valence-electron chi connectivity index (χ3n) is 4.87. The molecule has 7 heteroatoms. The Labute approximate surface area is 164 Å². The monoisotopic (exact) mass is 394 g/mol. The molecule has 0 saturated carbocycles. The zero-order chi connectivity index (χ0) is 19.9. The number of nitrogens with zero attached hydrogens (tertiary/aromatic N) is 2. The van der Waals surface area contributed by atoms with Crippen LogP contribution in [0.1, 0.15) is 37.8 Å². The number of hydrogen-bond acceptors (Lipinski definition) is 4. The average Bonchev–Trinajstić information content (AvgIpc) is 3.04. The van der Waals surface area contributed by atoms with Crippen LogP contribution in [0.4, 0.5) is 0 Å². The van der Waals surface area contributed by atoms with Gasteiger partial charge in [-0.05, 0) is 62.9 Å². The fourth-order valence-corrected chi connectivity index (χ4v) is 4.54. The number of aryl methyl sites for hydroxylation is 1. The van der Waals surface area contributed by atoms with Gasteiger partial charge in [-0.15, -0.1) is 0 Å². The van der Waals surface area contributed by atoms with Crippen LogP contribution in [0.2, 0.25) is 0 Å². The molecule has 0 spiro atoms. The first kappa shape index (κ1) is 21.7. The quantitative estimate of drug-likeness (QED) is 0.522. The maximum absolute atomic E-state index is 11.7. The lowest BCUT2D eigenvalue weighted by molar-refractivity contribution is 0.324. The number of aliphatic imine (C=N–C) groups is 1. The molecule has 1 saturated heterocycles. The maximum atomic E-state index is 11.7. The van der Waals surface area contributed by atoms with Crippen molar-refractivity contribution in [2.45, 2.75) is 45.1 Å². The zero-order valence-electron chi connectivity index (χ0n) is 17.1. The summed E-state index contributed by atoms with van der Waals surface area (Å²) < 4.78 is 23.5. The van der Waals surface area contributed by atoms with Gasteiger partial charge in [-0.3, -0.25) is 0 Å². The fraction of sp³-hybridized carbons (Fsp3) is 0.650. The highest BCUT2D eigenvalue weighted by molar-refractivity contribution is 7.90. The van der Waals surface area contributed by atoms with Crippen molar-refractivity contribution in [1.82, 2.24) is 15.5 Å². The van der Waals surface area contributed by atoms with E-state index in [-0.39, 0.29) is 0 Å². The van der Waals surface area contributed by atoms with Crippen LogP contribution in [0.5, 0.6) is 0 Å². The Bertz CT molecular complexity index is 746. The molecule has 1 aromatic carbocycles. The summed E-state index contributed by atoms with van der Waals surface area (Å²) in [5.74, 6) is 1.48. The summed E-state index contributed by atoms with van der Waals surface area (Å²) in [6, 6.07) is 5.43. The molecule has 1 aromatic rings. The number of hydrogen-bond donors (Lipinski definition) is 2. The van der Waals surface area contributed by atoms with Crippen molar-refractivity contribution in [2.75, 3.05) is 39.0 Å². The third kappa shape index (κ3) is 6.81. The Balaban J connectivity index is 1.94. The van der Waals surface area contributed by atoms with Crippen molar-refractivity contribution in [3.8, 4) is 0 Å². The normalized spacial score (nSPS) is 18.7. The van der Waals surface area contributed by atoms with Crippen LogP contribution < -0.4 is 10.6 Å². The molecular weight excluding hydrogens is 360 g/mol. The lowest BCUT2D eigenvalue weighted by atomic mass is 10.1. The van der Waals surface area contributed by atoms with Gasteiger partial charge in [0.1, 0.15) is 0 Å². The van der Waals surface area contributed by atoms with Gasteiger partial charge < -0.3 is 15.5 Å². The molecule has 1 unspecified atom stereocenters. The Morgan fingerprint density at radius 3 is 2.70 bits per heavy atom. The van der Waals surface area contributed by atoms with E-state index in [2.05, 4.69) is 34.4 Å². The Morgan fingerprint density at radius 2 is 2.07 bits per heavy atom. The van der Waals surface area contributed by atoms with E-state index >= 15 is 0 Å². The molecule has 2 N–H and O–H groups in total. The number of rotatable bonds is 8. The number of sulfone groups is 1. The van der Waals surface area contributed by atoms with Crippen molar-refractivity contribution in [1.29, 1.82) is 0 Å². The van der Waals surface area contributed by atoms with Gasteiger partial charge in [0.25, 0.3) is 0 Å². The number of guanidine groups is 1. The summed E-state index contributed by atoms with van der Waals surface area (Å²) in [6.07, 6.45) is 3.69.